The highest BCUT2D eigenvalue weighted by molar-refractivity contribution is 9.10. The molecule has 0 aliphatic carbocycles. The van der Waals surface area contributed by atoms with Gasteiger partial charge in [0.1, 0.15) is 0 Å². The van der Waals surface area contributed by atoms with Crippen LogP contribution in [0.3, 0.4) is 0 Å². The predicted molar refractivity (Wildman–Crippen MR) is 95.1 cm³/mol. The third-order valence-corrected chi connectivity index (χ3v) is 5.10. The number of rotatable bonds is 6. The maximum atomic E-state index is 6.13. The molecule has 1 aromatic heterocycles. The molecule has 0 fully saturated rings. The van der Waals surface area contributed by atoms with Crippen LogP contribution < -0.4 is 10.6 Å². The Morgan fingerprint density at radius 1 is 1.43 bits per heavy atom. The number of nitrogens with zero attached hydrogens (tertiary/aromatic N) is 2. The molecule has 1 unspecified atom stereocenters. The minimum Gasteiger partial charge on any atom is -0.369 e. The van der Waals surface area contributed by atoms with Crippen LogP contribution in [-0.4, -0.2) is 18.1 Å². The molecule has 21 heavy (non-hydrogen) atoms. The first-order valence-electron chi connectivity index (χ1n) is 7.15. The lowest BCUT2D eigenvalue weighted by molar-refractivity contribution is 0.645. The monoisotopic (exact) mass is 367 g/mol. The summed E-state index contributed by atoms with van der Waals surface area (Å²) in [6.07, 6.45) is 1.90. The van der Waals surface area contributed by atoms with Crippen molar-refractivity contribution in [3.8, 4) is 0 Å². The first kappa shape index (κ1) is 16.5. The second kappa shape index (κ2) is 7.38. The molecule has 1 heterocycles. The largest absolute Gasteiger partial charge is 0.369 e. The molecule has 0 radical (unpaired) electrons. The molecular weight excluding hydrogens is 346 g/mol. The van der Waals surface area contributed by atoms with Crippen molar-refractivity contribution in [2.75, 3.05) is 11.9 Å². The lowest BCUT2D eigenvalue weighted by Crippen LogP contribution is -2.24. The van der Waals surface area contributed by atoms with E-state index < -0.39 is 0 Å². The lowest BCUT2D eigenvalue weighted by Gasteiger charge is -2.23. The molecular formula is C16H22BrN3S. The van der Waals surface area contributed by atoms with E-state index in [0.717, 1.165) is 29.6 Å². The van der Waals surface area contributed by atoms with Gasteiger partial charge in [-0.2, -0.15) is 0 Å². The van der Waals surface area contributed by atoms with E-state index >= 15 is 0 Å². The average Bonchev–Trinajstić information content (AvgIpc) is 2.86. The number of halogens is 1. The molecule has 0 aliphatic rings. The van der Waals surface area contributed by atoms with Crippen LogP contribution in [0, 0.1) is 6.92 Å². The van der Waals surface area contributed by atoms with E-state index in [9.17, 15) is 0 Å². The Balaban J connectivity index is 2.24. The second-order valence-corrected chi connectivity index (χ2v) is 7.22. The molecule has 2 N–H and O–H groups in total. The van der Waals surface area contributed by atoms with Crippen LogP contribution in [0.15, 0.2) is 28.2 Å². The Morgan fingerprint density at radius 3 is 2.81 bits per heavy atom. The van der Waals surface area contributed by atoms with E-state index in [1.807, 2.05) is 5.51 Å². The van der Waals surface area contributed by atoms with Gasteiger partial charge in [0.15, 0.2) is 0 Å². The molecule has 0 saturated carbocycles. The molecule has 2 aromatic rings. The van der Waals surface area contributed by atoms with Gasteiger partial charge in [-0.3, -0.25) is 0 Å². The third kappa shape index (κ3) is 4.28. The predicted octanol–water partition coefficient (Wildman–Crippen LogP) is 4.13. The van der Waals surface area contributed by atoms with Gasteiger partial charge in [-0.15, -0.1) is 11.3 Å². The summed E-state index contributed by atoms with van der Waals surface area (Å²) in [5, 5.41) is 0. The summed E-state index contributed by atoms with van der Waals surface area (Å²) in [5.41, 5.74) is 11.7. The zero-order valence-corrected chi connectivity index (χ0v) is 15.2. The number of thiazole rings is 1. The Morgan fingerprint density at radius 2 is 2.19 bits per heavy atom. The van der Waals surface area contributed by atoms with Crippen LogP contribution in [0.5, 0.6) is 0 Å². The Bertz CT molecular complexity index is 597. The average molecular weight is 368 g/mol. The molecule has 0 saturated heterocycles. The molecule has 0 spiro atoms. The maximum Gasteiger partial charge on any atom is 0.0798 e. The summed E-state index contributed by atoms with van der Waals surface area (Å²) in [7, 11) is 2.13. The molecule has 0 aliphatic heterocycles. The summed E-state index contributed by atoms with van der Waals surface area (Å²) in [4.78, 5) is 7.92. The Labute approximate surface area is 139 Å². The van der Waals surface area contributed by atoms with Crippen molar-refractivity contribution in [1.29, 1.82) is 0 Å². The minimum absolute atomic E-state index is 0.212. The molecule has 114 valence electrons. The van der Waals surface area contributed by atoms with Crippen molar-refractivity contribution in [3.05, 3.63) is 44.3 Å². The van der Waals surface area contributed by atoms with E-state index in [0.29, 0.717) is 0 Å². The van der Waals surface area contributed by atoms with E-state index in [1.165, 1.54) is 16.1 Å². The van der Waals surface area contributed by atoms with Crippen molar-refractivity contribution in [2.45, 2.75) is 39.3 Å². The van der Waals surface area contributed by atoms with Gasteiger partial charge >= 0.3 is 0 Å². The van der Waals surface area contributed by atoms with Gasteiger partial charge < -0.3 is 10.6 Å². The molecule has 3 nitrogen and oxygen atoms in total. The first-order valence-corrected chi connectivity index (χ1v) is 8.82. The van der Waals surface area contributed by atoms with Crippen LogP contribution in [0.2, 0.25) is 0 Å². The molecule has 1 atom stereocenters. The van der Waals surface area contributed by atoms with E-state index in [4.69, 9.17) is 5.73 Å². The van der Waals surface area contributed by atoms with Gasteiger partial charge in [-0.25, -0.2) is 4.98 Å². The lowest BCUT2D eigenvalue weighted by atomic mass is 10.0. The summed E-state index contributed by atoms with van der Waals surface area (Å²) in [5.74, 6) is 0. The van der Waals surface area contributed by atoms with Crippen molar-refractivity contribution in [2.24, 2.45) is 5.73 Å². The Kier molecular flexibility index (Phi) is 5.79. The van der Waals surface area contributed by atoms with Crippen molar-refractivity contribution >= 4 is 33.0 Å². The van der Waals surface area contributed by atoms with Gasteiger partial charge in [-0.1, -0.05) is 28.9 Å². The molecule has 1 aromatic carbocycles. The van der Waals surface area contributed by atoms with Crippen LogP contribution >= 0.6 is 27.3 Å². The summed E-state index contributed by atoms with van der Waals surface area (Å²) >= 11 is 5.28. The SMILES string of the molecule is CCC(N)Cc1ccc(Br)cc1N(C)Cc1scnc1C. The van der Waals surface area contributed by atoms with Gasteiger partial charge in [0, 0.05) is 28.1 Å². The maximum absolute atomic E-state index is 6.13. The molecule has 0 amide bonds. The third-order valence-electron chi connectivity index (χ3n) is 3.69. The number of benzene rings is 1. The smallest absolute Gasteiger partial charge is 0.0798 e. The highest BCUT2D eigenvalue weighted by Crippen LogP contribution is 2.28. The zero-order chi connectivity index (χ0) is 15.4. The minimum atomic E-state index is 0.212. The van der Waals surface area contributed by atoms with Crippen molar-refractivity contribution in [3.63, 3.8) is 0 Å². The Hall–Kier alpha value is -0.910. The fourth-order valence-corrected chi connectivity index (χ4v) is 3.45. The molecule has 2 rings (SSSR count). The van der Waals surface area contributed by atoms with Gasteiger partial charge in [-0.05, 0) is 37.5 Å². The second-order valence-electron chi connectivity index (χ2n) is 5.36. The molecule has 5 heteroatoms. The zero-order valence-electron chi connectivity index (χ0n) is 12.8. The quantitative estimate of drug-likeness (QED) is 0.834. The summed E-state index contributed by atoms with van der Waals surface area (Å²) < 4.78 is 1.10. The van der Waals surface area contributed by atoms with Gasteiger partial charge in [0.2, 0.25) is 0 Å². The van der Waals surface area contributed by atoms with E-state index in [-0.39, 0.29) is 6.04 Å². The van der Waals surface area contributed by atoms with Gasteiger partial charge in [0.05, 0.1) is 17.7 Å². The van der Waals surface area contributed by atoms with E-state index in [1.54, 1.807) is 11.3 Å². The molecule has 0 bridgehead atoms. The topological polar surface area (TPSA) is 42.1 Å². The number of hydrogen-bond acceptors (Lipinski definition) is 4. The highest BCUT2D eigenvalue weighted by atomic mass is 79.9. The number of nitrogens with two attached hydrogens (primary N) is 1. The van der Waals surface area contributed by atoms with Crippen LogP contribution in [-0.2, 0) is 13.0 Å². The van der Waals surface area contributed by atoms with Crippen molar-refractivity contribution < 1.29 is 0 Å². The van der Waals surface area contributed by atoms with Crippen LogP contribution in [0.25, 0.3) is 0 Å². The highest BCUT2D eigenvalue weighted by Gasteiger charge is 2.13. The number of hydrogen-bond donors (Lipinski definition) is 1. The fraction of sp³-hybridized carbons (Fsp3) is 0.438. The van der Waals surface area contributed by atoms with Crippen LogP contribution in [0.1, 0.15) is 29.5 Å². The number of aryl methyl sites for hydroxylation is 1. The number of anilines is 1. The number of aromatic nitrogens is 1. The van der Waals surface area contributed by atoms with E-state index in [2.05, 4.69) is 64.9 Å². The van der Waals surface area contributed by atoms with Gasteiger partial charge in [0.25, 0.3) is 0 Å². The summed E-state index contributed by atoms with van der Waals surface area (Å²) in [6.45, 7) is 5.07. The normalized spacial score (nSPS) is 12.4. The first-order chi connectivity index (χ1) is 10.0. The van der Waals surface area contributed by atoms with Crippen molar-refractivity contribution in [1.82, 2.24) is 4.98 Å². The summed E-state index contributed by atoms with van der Waals surface area (Å²) in [6, 6.07) is 6.65. The fourth-order valence-electron chi connectivity index (χ4n) is 2.27. The standard InChI is InChI=1S/C16H22BrN3S/c1-4-14(18)7-12-5-6-13(17)8-15(12)20(3)9-16-11(2)19-10-21-16/h5-6,8,10,14H,4,7,9,18H2,1-3H3. The van der Waals surface area contributed by atoms with Crippen LogP contribution in [0.4, 0.5) is 5.69 Å².